The summed E-state index contributed by atoms with van der Waals surface area (Å²) in [6.07, 6.45) is -4.04. The number of hydrogen-bond acceptors (Lipinski definition) is 3. The zero-order chi connectivity index (χ0) is 19.9. The van der Waals surface area contributed by atoms with Crippen LogP contribution in [0.5, 0.6) is 5.75 Å². The zero-order valence-electron chi connectivity index (χ0n) is 14.0. The molecule has 0 saturated carbocycles. The first kappa shape index (κ1) is 20.3. The number of nitrogens with two attached hydrogens (primary N) is 1. The molecule has 0 bridgehead atoms. The molecule has 2 amide bonds. The van der Waals surface area contributed by atoms with Crippen LogP contribution >= 0.6 is 12.2 Å². The summed E-state index contributed by atoms with van der Waals surface area (Å²) >= 11 is 5.15. The Kier molecular flexibility index (Phi) is 6.83. The molecule has 2 rings (SSSR count). The van der Waals surface area contributed by atoms with Gasteiger partial charge in [-0.15, -0.1) is 13.2 Å². The Labute approximate surface area is 158 Å². The maximum Gasteiger partial charge on any atom is 0.573 e. The highest BCUT2D eigenvalue weighted by molar-refractivity contribution is 7.80. The molecular formula is C17H17F3N4O2S. The van der Waals surface area contributed by atoms with Gasteiger partial charge in [0.25, 0.3) is 0 Å². The molecule has 144 valence electrons. The second-order valence-corrected chi connectivity index (χ2v) is 5.80. The Balaban J connectivity index is 1.75. The quantitative estimate of drug-likeness (QED) is 0.559. The average Bonchev–Trinajstić information content (AvgIpc) is 2.56. The van der Waals surface area contributed by atoms with Gasteiger partial charge in [0.15, 0.2) is 5.11 Å². The summed E-state index contributed by atoms with van der Waals surface area (Å²) in [7, 11) is 0. The lowest BCUT2D eigenvalue weighted by Crippen LogP contribution is -2.30. The molecule has 5 N–H and O–H groups in total. The first-order valence-electron chi connectivity index (χ1n) is 7.77. The highest BCUT2D eigenvalue weighted by atomic mass is 32.1. The summed E-state index contributed by atoms with van der Waals surface area (Å²) in [5.74, 6) is -0.304. The van der Waals surface area contributed by atoms with Gasteiger partial charge in [-0.05, 0) is 60.6 Å². The molecule has 0 atom stereocenters. The van der Waals surface area contributed by atoms with Gasteiger partial charge in [0.05, 0.1) is 0 Å². The second kappa shape index (κ2) is 9.08. The van der Waals surface area contributed by atoms with Gasteiger partial charge in [-0.1, -0.05) is 12.1 Å². The molecule has 0 saturated heterocycles. The first-order valence-corrected chi connectivity index (χ1v) is 8.18. The third-order valence-electron chi connectivity index (χ3n) is 3.27. The number of ether oxygens (including phenoxy) is 1. The fourth-order valence-corrected chi connectivity index (χ4v) is 2.35. The lowest BCUT2D eigenvalue weighted by atomic mass is 10.1. The number of alkyl halides is 3. The third-order valence-corrected chi connectivity index (χ3v) is 3.51. The Morgan fingerprint density at radius 2 is 1.56 bits per heavy atom. The molecule has 0 aliphatic heterocycles. The molecule has 0 radical (unpaired) electrons. The SMILES string of the molecule is NC(=O)Nc1ccc(CCNC(=S)Nc2ccc(OC(F)(F)F)cc2)cc1. The molecule has 0 heterocycles. The third kappa shape index (κ3) is 7.82. The van der Waals surface area contributed by atoms with E-state index in [4.69, 9.17) is 18.0 Å². The Morgan fingerprint density at radius 3 is 2.11 bits per heavy atom. The van der Waals surface area contributed by atoms with E-state index in [1.54, 1.807) is 12.1 Å². The number of amides is 2. The lowest BCUT2D eigenvalue weighted by molar-refractivity contribution is -0.274. The monoisotopic (exact) mass is 398 g/mol. The molecule has 0 aromatic heterocycles. The molecule has 0 aliphatic rings. The van der Waals surface area contributed by atoms with E-state index in [1.807, 2.05) is 12.1 Å². The van der Waals surface area contributed by atoms with Crippen molar-refractivity contribution in [1.29, 1.82) is 0 Å². The second-order valence-electron chi connectivity index (χ2n) is 5.39. The summed E-state index contributed by atoms with van der Waals surface area (Å²) in [4.78, 5) is 10.8. The lowest BCUT2D eigenvalue weighted by Gasteiger charge is -2.12. The highest BCUT2D eigenvalue weighted by Gasteiger charge is 2.30. The molecule has 0 fully saturated rings. The highest BCUT2D eigenvalue weighted by Crippen LogP contribution is 2.23. The van der Waals surface area contributed by atoms with Crippen LogP contribution in [-0.4, -0.2) is 24.1 Å². The number of urea groups is 1. The van der Waals surface area contributed by atoms with Gasteiger partial charge in [-0.3, -0.25) is 0 Å². The molecule has 6 nitrogen and oxygen atoms in total. The van der Waals surface area contributed by atoms with Crippen molar-refractivity contribution >= 4 is 34.7 Å². The van der Waals surface area contributed by atoms with Crippen LogP contribution in [0.25, 0.3) is 0 Å². The molecule has 2 aromatic carbocycles. The summed E-state index contributed by atoms with van der Waals surface area (Å²) in [6.45, 7) is 0.545. The van der Waals surface area contributed by atoms with E-state index < -0.39 is 12.4 Å². The standard InChI is InChI=1S/C17H17F3N4O2S/c18-17(19,20)26-14-7-5-13(6-8-14)24-16(27)22-10-9-11-1-3-12(4-2-11)23-15(21)25/h1-8H,9-10H2,(H3,21,23,25)(H2,22,24,27). The first-order chi connectivity index (χ1) is 12.7. The van der Waals surface area contributed by atoms with Crippen LogP contribution in [0.1, 0.15) is 5.56 Å². The number of carbonyl (C=O) groups is 1. The maximum atomic E-state index is 12.1. The molecule has 27 heavy (non-hydrogen) atoms. The smallest absolute Gasteiger partial charge is 0.406 e. The topological polar surface area (TPSA) is 88.4 Å². The number of nitrogens with one attached hydrogen (secondary N) is 3. The van der Waals surface area contributed by atoms with Gasteiger partial charge in [-0.25, -0.2) is 4.79 Å². The molecule has 0 aliphatic carbocycles. The maximum absolute atomic E-state index is 12.1. The normalized spacial score (nSPS) is 10.8. The van der Waals surface area contributed by atoms with Crippen molar-refractivity contribution in [2.75, 3.05) is 17.2 Å². The number of hydrogen-bond donors (Lipinski definition) is 4. The van der Waals surface area contributed by atoms with E-state index in [0.29, 0.717) is 29.5 Å². The summed E-state index contributed by atoms with van der Waals surface area (Å²) < 4.78 is 40.1. The molecule has 10 heteroatoms. The van der Waals surface area contributed by atoms with E-state index in [2.05, 4.69) is 20.7 Å². The van der Waals surface area contributed by atoms with Gasteiger partial charge in [0.2, 0.25) is 0 Å². The van der Waals surface area contributed by atoms with Crippen molar-refractivity contribution in [3.05, 3.63) is 54.1 Å². The molecule has 0 unspecified atom stereocenters. The number of thiocarbonyl (C=S) groups is 1. The van der Waals surface area contributed by atoms with Gasteiger partial charge >= 0.3 is 12.4 Å². The van der Waals surface area contributed by atoms with Crippen molar-refractivity contribution in [3.8, 4) is 5.75 Å². The van der Waals surface area contributed by atoms with Crippen LogP contribution in [0, 0.1) is 0 Å². The van der Waals surface area contributed by atoms with Crippen LogP contribution in [0.4, 0.5) is 29.3 Å². The number of benzene rings is 2. The Hall–Kier alpha value is -3.01. The Morgan fingerprint density at radius 1 is 1.00 bits per heavy atom. The minimum atomic E-state index is -4.72. The number of halogens is 3. The van der Waals surface area contributed by atoms with E-state index in [9.17, 15) is 18.0 Å². The fourth-order valence-electron chi connectivity index (χ4n) is 2.13. The molecule has 2 aromatic rings. The molecular weight excluding hydrogens is 381 g/mol. The van der Waals surface area contributed by atoms with E-state index in [-0.39, 0.29) is 5.75 Å². The van der Waals surface area contributed by atoms with Crippen molar-refractivity contribution in [2.24, 2.45) is 5.73 Å². The van der Waals surface area contributed by atoms with Crippen molar-refractivity contribution in [1.82, 2.24) is 5.32 Å². The average molecular weight is 398 g/mol. The van der Waals surface area contributed by atoms with E-state index >= 15 is 0 Å². The van der Waals surface area contributed by atoms with Crippen molar-refractivity contribution in [3.63, 3.8) is 0 Å². The van der Waals surface area contributed by atoms with Crippen LogP contribution < -0.4 is 26.4 Å². The molecule has 0 spiro atoms. The van der Waals surface area contributed by atoms with Crippen molar-refractivity contribution < 1.29 is 22.7 Å². The summed E-state index contributed by atoms with van der Waals surface area (Å²) in [5.41, 5.74) is 7.20. The van der Waals surface area contributed by atoms with Crippen LogP contribution in [0.3, 0.4) is 0 Å². The number of anilines is 2. The Bertz CT molecular complexity index is 780. The summed E-state index contributed by atoms with van der Waals surface area (Å²) in [6, 6.07) is 11.8. The number of rotatable bonds is 6. The van der Waals surface area contributed by atoms with Gasteiger partial charge in [-0.2, -0.15) is 0 Å². The zero-order valence-corrected chi connectivity index (χ0v) is 14.8. The number of primary amides is 1. The number of carbonyl (C=O) groups excluding carboxylic acids is 1. The van der Waals surface area contributed by atoms with Gasteiger partial charge < -0.3 is 26.4 Å². The summed E-state index contributed by atoms with van der Waals surface area (Å²) in [5, 5.41) is 8.68. The minimum Gasteiger partial charge on any atom is -0.406 e. The predicted octanol–water partition coefficient (Wildman–Crippen LogP) is 3.60. The predicted molar refractivity (Wildman–Crippen MR) is 101 cm³/mol. The van der Waals surface area contributed by atoms with E-state index in [1.165, 1.54) is 24.3 Å². The largest absolute Gasteiger partial charge is 0.573 e. The van der Waals surface area contributed by atoms with E-state index in [0.717, 1.165) is 5.56 Å². The van der Waals surface area contributed by atoms with Crippen LogP contribution in [0.2, 0.25) is 0 Å². The van der Waals surface area contributed by atoms with Crippen LogP contribution in [0.15, 0.2) is 48.5 Å². The van der Waals surface area contributed by atoms with Gasteiger partial charge in [0, 0.05) is 17.9 Å². The van der Waals surface area contributed by atoms with Crippen LogP contribution in [-0.2, 0) is 6.42 Å². The van der Waals surface area contributed by atoms with Crippen molar-refractivity contribution in [2.45, 2.75) is 12.8 Å². The minimum absolute atomic E-state index is 0.304. The fraction of sp³-hybridized carbons (Fsp3) is 0.176. The van der Waals surface area contributed by atoms with Gasteiger partial charge in [0.1, 0.15) is 5.75 Å².